The standard InChI is InChI=1S/C29H29ClN2O3/c1-6-34-28(33)26(35-29(3,4)5)24-18(2)16-21-17-20(27-31-14-7-15-32-27)10-13-23(21)25(24)19-8-11-22(30)12-9-19/h7-17,26H,6H2,1-5H3/t26-/m0/s1. The first-order valence-electron chi connectivity index (χ1n) is 11.6. The number of hydrogen-bond donors (Lipinski definition) is 0. The van der Waals surface area contributed by atoms with Crippen LogP contribution in [0.4, 0.5) is 0 Å². The quantitative estimate of drug-likeness (QED) is 0.265. The van der Waals surface area contributed by atoms with Crippen molar-refractivity contribution in [2.45, 2.75) is 46.3 Å². The molecular formula is C29H29ClN2O3. The highest BCUT2D eigenvalue weighted by molar-refractivity contribution is 6.30. The van der Waals surface area contributed by atoms with Crippen LogP contribution in [-0.4, -0.2) is 28.1 Å². The average molecular weight is 489 g/mol. The molecule has 4 aromatic rings. The van der Waals surface area contributed by atoms with Crippen molar-refractivity contribution in [2.24, 2.45) is 0 Å². The summed E-state index contributed by atoms with van der Waals surface area (Å²) in [4.78, 5) is 22.0. The molecule has 0 amide bonds. The molecule has 1 heterocycles. The Morgan fingerprint density at radius 3 is 2.29 bits per heavy atom. The van der Waals surface area contributed by atoms with Crippen LogP contribution >= 0.6 is 11.6 Å². The van der Waals surface area contributed by atoms with Crippen LogP contribution in [0.1, 0.15) is 44.9 Å². The van der Waals surface area contributed by atoms with Gasteiger partial charge in [0, 0.05) is 28.5 Å². The van der Waals surface area contributed by atoms with Gasteiger partial charge in [-0.3, -0.25) is 0 Å². The second-order valence-corrected chi connectivity index (χ2v) is 9.80. The molecule has 0 N–H and O–H groups in total. The molecule has 180 valence electrons. The first-order chi connectivity index (χ1) is 16.7. The zero-order chi connectivity index (χ0) is 25.2. The normalized spacial score (nSPS) is 12.5. The fraction of sp³-hybridized carbons (Fsp3) is 0.276. The van der Waals surface area contributed by atoms with Gasteiger partial charge in [-0.25, -0.2) is 14.8 Å². The summed E-state index contributed by atoms with van der Waals surface area (Å²) >= 11 is 6.21. The Bertz CT molecular complexity index is 1350. The van der Waals surface area contributed by atoms with Crippen molar-refractivity contribution >= 4 is 28.3 Å². The minimum atomic E-state index is -0.887. The summed E-state index contributed by atoms with van der Waals surface area (Å²) in [5.41, 5.74) is 3.92. The van der Waals surface area contributed by atoms with Gasteiger partial charge in [0.1, 0.15) is 0 Å². The Labute approximate surface area is 211 Å². The minimum absolute atomic E-state index is 0.270. The Kier molecular flexibility index (Phi) is 7.20. The van der Waals surface area contributed by atoms with Crippen LogP contribution in [-0.2, 0) is 14.3 Å². The molecule has 6 heteroatoms. The molecule has 0 unspecified atom stereocenters. The van der Waals surface area contributed by atoms with E-state index in [9.17, 15) is 4.79 Å². The van der Waals surface area contributed by atoms with Crippen LogP contribution in [0.15, 0.2) is 67.0 Å². The molecule has 0 radical (unpaired) electrons. The molecule has 0 aliphatic carbocycles. The number of carbonyl (C=O) groups is 1. The van der Waals surface area contributed by atoms with Crippen molar-refractivity contribution in [3.63, 3.8) is 0 Å². The molecule has 0 fully saturated rings. The maximum atomic E-state index is 13.2. The van der Waals surface area contributed by atoms with Crippen LogP contribution in [0.5, 0.6) is 0 Å². The van der Waals surface area contributed by atoms with E-state index in [4.69, 9.17) is 21.1 Å². The Morgan fingerprint density at radius 1 is 1.00 bits per heavy atom. The van der Waals surface area contributed by atoms with Gasteiger partial charge in [-0.2, -0.15) is 0 Å². The van der Waals surface area contributed by atoms with Crippen LogP contribution in [0.25, 0.3) is 33.3 Å². The van der Waals surface area contributed by atoms with E-state index < -0.39 is 17.7 Å². The smallest absolute Gasteiger partial charge is 0.339 e. The Balaban J connectivity index is 2.01. The van der Waals surface area contributed by atoms with Crippen LogP contribution in [0.2, 0.25) is 5.02 Å². The van der Waals surface area contributed by atoms with Crippen LogP contribution < -0.4 is 0 Å². The van der Waals surface area contributed by atoms with Gasteiger partial charge < -0.3 is 9.47 Å². The number of nitrogens with zero attached hydrogens (tertiary/aromatic N) is 2. The van der Waals surface area contributed by atoms with Crippen LogP contribution in [0, 0.1) is 6.92 Å². The van der Waals surface area contributed by atoms with Gasteiger partial charge in [0.15, 0.2) is 11.9 Å². The summed E-state index contributed by atoms with van der Waals surface area (Å²) in [5.74, 6) is 0.249. The second-order valence-electron chi connectivity index (χ2n) is 9.36. The zero-order valence-corrected chi connectivity index (χ0v) is 21.4. The van der Waals surface area contributed by atoms with E-state index in [1.54, 1.807) is 25.4 Å². The van der Waals surface area contributed by atoms with E-state index in [-0.39, 0.29) is 6.61 Å². The molecule has 0 saturated heterocycles. The summed E-state index contributed by atoms with van der Waals surface area (Å²) in [5, 5.41) is 2.64. The van der Waals surface area contributed by atoms with Gasteiger partial charge in [0.2, 0.25) is 0 Å². The second kappa shape index (κ2) is 10.1. The third-order valence-electron chi connectivity index (χ3n) is 5.58. The van der Waals surface area contributed by atoms with Crippen molar-refractivity contribution < 1.29 is 14.3 Å². The first kappa shape index (κ1) is 24.8. The summed E-state index contributed by atoms with van der Waals surface area (Å²) < 4.78 is 11.8. The Morgan fingerprint density at radius 2 is 1.66 bits per heavy atom. The van der Waals surface area contributed by atoms with Crippen molar-refractivity contribution in [1.29, 1.82) is 0 Å². The lowest BCUT2D eigenvalue weighted by Gasteiger charge is -2.29. The molecule has 5 nitrogen and oxygen atoms in total. The maximum Gasteiger partial charge on any atom is 0.339 e. The average Bonchev–Trinajstić information content (AvgIpc) is 2.82. The molecule has 0 spiro atoms. The maximum absolute atomic E-state index is 13.2. The van der Waals surface area contributed by atoms with Gasteiger partial charge in [-0.1, -0.05) is 41.9 Å². The lowest BCUT2D eigenvalue weighted by molar-refractivity contribution is -0.166. The third-order valence-corrected chi connectivity index (χ3v) is 5.83. The van der Waals surface area contributed by atoms with E-state index in [0.717, 1.165) is 38.6 Å². The number of rotatable bonds is 6. The van der Waals surface area contributed by atoms with E-state index in [1.165, 1.54) is 0 Å². The topological polar surface area (TPSA) is 61.3 Å². The lowest BCUT2D eigenvalue weighted by Crippen LogP contribution is -2.29. The number of fused-ring (bicyclic) bond motifs is 1. The van der Waals surface area contributed by atoms with E-state index >= 15 is 0 Å². The summed E-state index contributed by atoms with van der Waals surface area (Å²) in [6.45, 7) is 9.87. The van der Waals surface area contributed by atoms with E-state index in [1.807, 2.05) is 64.1 Å². The number of ether oxygens (including phenoxy) is 2. The molecular weight excluding hydrogens is 460 g/mol. The molecule has 0 bridgehead atoms. The van der Waals surface area contributed by atoms with Crippen molar-refractivity contribution in [2.75, 3.05) is 6.61 Å². The van der Waals surface area contributed by atoms with Crippen molar-refractivity contribution in [1.82, 2.24) is 9.97 Å². The first-order valence-corrected chi connectivity index (χ1v) is 12.0. The predicted molar refractivity (Wildman–Crippen MR) is 140 cm³/mol. The van der Waals surface area contributed by atoms with Gasteiger partial charge in [-0.15, -0.1) is 0 Å². The molecule has 0 aliphatic rings. The van der Waals surface area contributed by atoms with Crippen molar-refractivity contribution in [3.05, 3.63) is 83.1 Å². The summed E-state index contributed by atoms with van der Waals surface area (Å²) in [6, 6.07) is 17.6. The minimum Gasteiger partial charge on any atom is -0.464 e. The highest BCUT2D eigenvalue weighted by atomic mass is 35.5. The summed E-state index contributed by atoms with van der Waals surface area (Å²) in [7, 11) is 0. The lowest BCUT2D eigenvalue weighted by atomic mass is 9.86. The molecule has 4 rings (SSSR count). The fourth-order valence-electron chi connectivity index (χ4n) is 4.21. The summed E-state index contributed by atoms with van der Waals surface area (Å²) in [6.07, 6.45) is 2.57. The largest absolute Gasteiger partial charge is 0.464 e. The highest BCUT2D eigenvalue weighted by Crippen LogP contribution is 2.41. The molecule has 3 aromatic carbocycles. The van der Waals surface area contributed by atoms with Gasteiger partial charge in [0.05, 0.1) is 12.2 Å². The van der Waals surface area contributed by atoms with Gasteiger partial charge in [-0.05, 0) is 86.3 Å². The number of benzene rings is 3. The van der Waals surface area contributed by atoms with E-state index in [2.05, 4.69) is 22.1 Å². The number of hydrogen-bond acceptors (Lipinski definition) is 5. The Hall–Kier alpha value is -3.28. The van der Waals surface area contributed by atoms with Crippen LogP contribution in [0.3, 0.4) is 0 Å². The molecule has 1 atom stereocenters. The fourth-order valence-corrected chi connectivity index (χ4v) is 4.34. The molecule has 0 aliphatic heterocycles. The van der Waals surface area contributed by atoms with Crippen molar-refractivity contribution in [3.8, 4) is 22.5 Å². The highest BCUT2D eigenvalue weighted by Gasteiger charge is 2.32. The number of halogens is 1. The number of esters is 1. The van der Waals surface area contributed by atoms with E-state index in [0.29, 0.717) is 10.8 Å². The number of aryl methyl sites for hydroxylation is 1. The number of aromatic nitrogens is 2. The van der Waals surface area contributed by atoms with Gasteiger partial charge >= 0.3 is 5.97 Å². The zero-order valence-electron chi connectivity index (χ0n) is 20.6. The monoisotopic (exact) mass is 488 g/mol. The SMILES string of the molecule is CCOC(=O)[C@@H](OC(C)(C)C)c1c(C)cc2cc(-c3ncccn3)ccc2c1-c1ccc(Cl)cc1. The molecule has 35 heavy (non-hydrogen) atoms. The number of carbonyl (C=O) groups excluding carboxylic acids is 1. The molecule has 0 saturated carbocycles. The third kappa shape index (κ3) is 5.53. The van der Waals surface area contributed by atoms with Gasteiger partial charge in [0.25, 0.3) is 0 Å². The molecule has 1 aromatic heterocycles. The predicted octanol–water partition coefficient (Wildman–Crippen LogP) is 7.34.